The van der Waals surface area contributed by atoms with Crippen molar-refractivity contribution in [3.05, 3.63) is 76.8 Å². The molecule has 2 heterocycles. The van der Waals surface area contributed by atoms with E-state index in [2.05, 4.69) is 20.6 Å². The Bertz CT molecular complexity index is 1110. The first-order chi connectivity index (χ1) is 14.3. The molecule has 30 heavy (non-hydrogen) atoms. The minimum absolute atomic E-state index is 0.0751. The average molecular weight is 450 g/mol. The van der Waals surface area contributed by atoms with Gasteiger partial charge in [0.25, 0.3) is 0 Å². The number of anilines is 1. The number of aromatic nitrogens is 2. The van der Waals surface area contributed by atoms with Crippen molar-refractivity contribution >= 4 is 32.5 Å². The number of rotatable bonds is 8. The molecule has 158 valence electrons. The van der Waals surface area contributed by atoms with Gasteiger partial charge in [-0.05, 0) is 29.3 Å². The Kier molecular flexibility index (Phi) is 7.08. The quantitative estimate of drug-likeness (QED) is 0.550. The summed E-state index contributed by atoms with van der Waals surface area (Å²) in [5, 5.41) is 7.21. The monoisotopic (exact) mass is 449 g/mol. The topological polar surface area (TPSA) is 104 Å². The van der Waals surface area contributed by atoms with Crippen LogP contribution in [0.2, 0.25) is 0 Å². The van der Waals surface area contributed by atoms with Crippen molar-refractivity contribution in [1.29, 1.82) is 0 Å². The van der Waals surface area contributed by atoms with Crippen molar-refractivity contribution < 1.29 is 17.6 Å². The third-order valence-electron chi connectivity index (χ3n) is 4.05. The van der Waals surface area contributed by atoms with Crippen LogP contribution in [-0.2, 0) is 28.9 Å². The van der Waals surface area contributed by atoms with Gasteiger partial charge in [-0.2, -0.15) is 4.31 Å². The summed E-state index contributed by atoms with van der Waals surface area (Å²) in [6.45, 7) is 0.239. The van der Waals surface area contributed by atoms with Gasteiger partial charge in [-0.15, -0.1) is 11.3 Å². The Labute approximate surface area is 177 Å². The molecule has 0 aliphatic rings. The van der Waals surface area contributed by atoms with Crippen LogP contribution < -0.4 is 10.6 Å². The molecule has 2 N–H and O–H groups in total. The molecule has 0 aliphatic heterocycles. The zero-order valence-electron chi connectivity index (χ0n) is 16.1. The molecule has 8 nitrogen and oxygen atoms in total. The van der Waals surface area contributed by atoms with Crippen LogP contribution in [0.1, 0.15) is 16.8 Å². The summed E-state index contributed by atoms with van der Waals surface area (Å²) >= 11 is 1.18. The molecule has 1 aromatic carbocycles. The average Bonchev–Trinajstić information content (AvgIpc) is 3.13. The van der Waals surface area contributed by atoms with E-state index in [9.17, 15) is 17.6 Å². The third kappa shape index (κ3) is 6.31. The lowest BCUT2D eigenvalue weighted by atomic mass is 10.2. The highest BCUT2D eigenvalue weighted by atomic mass is 32.2. The number of amides is 2. The van der Waals surface area contributed by atoms with Gasteiger partial charge in [0.15, 0.2) is 5.13 Å². The number of thiazole rings is 1. The molecule has 0 saturated heterocycles. The van der Waals surface area contributed by atoms with E-state index in [1.807, 2.05) is 0 Å². The standard InChI is InChI=1S/C19H20FN5O3S2/c1-25(30(27,28)13-15-5-3-7-21-9-15)11-17-12-29-19(23-17)24-18(26)22-10-14-4-2-6-16(20)8-14/h2-9,12H,10-11,13H2,1H3,(H2,22,23,24,26). The zero-order valence-corrected chi connectivity index (χ0v) is 17.7. The first-order valence-corrected chi connectivity index (χ1v) is 11.4. The first kappa shape index (κ1) is 21.8. The van der Waals surface area contributed by atoms with E-state index in [1.54, 1.807) is 35.8 Å². The molecule has 0 bridgehead atoms. The number of nitrogens with one attached hydrogen (secondary N) is 2. The van der Waals surface area contributed by atoms with Crippen molar-refractivity contribution in [2.75, 3.05) is 12.4 Å². The van der Waals surface area contributed by atoms with Crippen LogP contribution in [0.25, 0.3) is 0 Å². The van der Waals surface area contributed by atoms with Crippen LogP contribution in [-0.4, -0.2) is 35.8 Å². The van der Waals surface area contributed by atoms with Gasteiger partial charge in [-0.1, -0.05) is 18.2 Å². The number of urea groups is 1. The van der Waals surface area contributed by atoms with E-state index in [-0.39, 0.29) is 24.7 Å². The number of halogens is 1. The van der Waals surface area contributed by atoms with E-state index in [1.165, 1.54) is 41.0 Å². The molecule has 0 spiro atoms. The molecule has 0 fully saturated rings. The summed E-state index contributed by atoms with van der Waals surface area (Å²) in [7, 11) is -2.06. The van der Waals surface area contributed by atoms with E-state index in [0.717, 1.165) is 0 Å². The second-order valence-electron chi connectivity index (χ2n) is 6.46. The Morgan fingerprint density at radius 1 is 1.23 bits per heavy atom. The Hall–Kier alpha value is -2.89. The number of carbonyl (C=O) groups excluding carboxylic acids is 1. The number of sulfonamides is 1. The molecule has 3 aromatic rings. The molecule has 11 heteroatoms. The van der Waals surface area contributed by atoms with Gasteiger partial charge in [0, 0.05) is 31.4 Å². The highest BCUT2D eigenvalue weighted by Gasteiger charge is 2.20. The SMILES string of the molecule is CN(Cc1csc(NC(=O)NCc2cccc(F)c2)n1)S(=O)(=O)Cc1cccnc1. The fraction of sp³-hybridized carbons (Fsp3) is 0.211. The van der Waals surface area contributed by atoms with Crippen LogP contribution in [0.4, 0.5) is 14.3 Å². The summed E-state index contributed by atoms with van der Waals surface area (Å²) in [4.78, 5) is 20.2. The van der Waals surface area contributed by atoms with Gasteiger partial charge < -0.3 is 5.32 Å². The molecule has 2 amide bonds. The van der Waals surface area contributed by atoms with Crippen LogP contribution >= 0.6 is 11.3 Å². The maximum absolute atomic E-state index is 13.2. The molecular weight excluding hydrogens is 429 g/mol. The molecular formula is C19H20FN5O3S2. The first-order valence-electron chi connectivity index (χ1n) is 8.88. The van der Waals surface area contributed by atoms with Crippen molar-refractivity contribution in [3.8, 4) is 0 Å². The number of pyridine rings is 1. The Morgan fingerprint density at radius 2 is 2.03 bits per heavy atom. The van der Waals surface area contributed by atoms with E-state index < -0.39 is 16.1 Å². The summed E-state index contributed by atoms with van der Waals surface area (Å²) < 4.78 is 39.4. The fourth-order valence-corrected chi connectivity index (χ4v) is 4.38. The van der Waals surface area contributed by atoms with Crippen molar-refractivity contribution in [1.82, 2.24) is 19.6 Å². The summed E-state index contributed by atoms with van der Waals surface area (Å²) in [6, 6.07) is 8.83. The predicted molar refractivity (Wildman–Crippen MR) is 113 cm³/mol. The van der Waals surface area contributed by atoms with E-state index in [4.69, 9.17) is 0 Å². The number of hydrogen-bond donors (Lipinski definition) is 2. The normalized spacial score (nSPS) is 11.4. The van der Waals surface area contributed by atoms with Crippen molar-refractivity contribution in [2.45, 2.75) is 18.8 Å². The van der Waals surface area contributed by atoms with E-state index in [0.29, 0.717) is 22.0 Å². The van der Waals surface area contributed by atoms with E-state index >= 15 is 0 Å². The van der Waals surface area contributed by atoms with Crippen molar-refractivity contribution in [2.24, 2.45) is 0 Å². The van der Waals surface area contributed by atoms with Crippen LogP contribution in [0, 0.1) is 5.82 Å². The highest BCUT2D eigenvalue weighted by molar-refractivity contribution is 7.88. The molecule has 0 aliphatic carbocycles. The maximum atomic E-state index is 13.2. The molecule has 3 rings (SSSR count). The van der Waals surface area contributed by atoms with Gasteiger partial charge in [-0.3, -0.25) is 10.3 Å². The van der Waals surface area contributed by atoms with Crippen LogP contribution in [0.3, 0.4) is 0 Å². The van der Waals surface area contributed by atoms with Gasteiger partial charge in [0.1, 0.15) is 5.82 Å². The lowest BCUT2D eigenvalue weighted by Crippen LogP contribution is -2.29. The summed E-state index contributed by atoms with van der Waals surface area (Å²) in [5.74, 6) is -0.531. The fourth-order valence-electron chi connectivity index (χ4n) is 2.54. The van der Waals surface area contributed by atoms with Gasteiger partial charge in [0.05, 0.1) is 18.0 Å². The lowest BCUT2D eigenvalue weighted by molar-refractivity contribution is 0.251. The van der Waals surface area contributed by atoms with Gasteiger partial charge in [0.2, 0.25) is 10.0 Å². The van der Waals surface area contributed by atoms with Crippen LogP contribution in [0.5, 0.6) is 0 Å². The minimum Gasteiger partial charge on any atom is -0.334 e. The number of hydrogen-bond acceptors (Lipinski definition) is 6. The minimum atomic E-state index is -3.54. The number of carbonyl (C=O) groups is 1. The summed E-state index contributed by atoms with van der Waals surface area (Å²) in [6.07, 6.45) is 3.09. The smallest absolute Gasteiger partial charge is 0.321 e. The third-order valence-corrected chi connectivity index (χ3v) is 6.63. The molecule has 0 saturated carbocycles. The van der Waals surface area contributed by atoms with Gasteiger partial charge >= 0.3 is 6.03 Å². The van der Waals surface area contributed by atoms with Gasteiger partial charge in [-0.25, -0.2) is 22.6 Å². The zero-order chi connectivity index (χ0) is 21.6. The maximum Gasteiger partial charge on any atom is 0.321 e. The number of nitrogens with zero attached hydrogens (tertiary/aromatic N) is 3. The summed E-state index contributed by atoms with van der Waals surface area (Å²) in [5.41, 5.74) is 1.74. The van der Waals surface area contributed by atoms with Crippen LogP contribution in [0.15, 0.2) is 54.2 Å². The second kappa shape index (κ2) is 9.74. The molecule has 0 unspecified atom stereocenters. The predicted octanol–water partition coefficient (Wildman–Crippen LogP) is 2.96. The lowest BCUT2D eigenvalue weighted by Gasteiger charge is -2.15. The number of benzene rings is 1. The molecule has 2 aromatic heterocycles. The molecule has 0 radical (unpaired) electrons. The van der Waals surface area contributed by atoms with Crippen molar-refractivity contribution in [3.63, 3.8) is 0 Å². The Balaban J connectivity index is 1.52. The highest BCUT2D eigenvalue weighted by Crippen LogP contribution is 2.18. The largest absolute Gasteiger partial charge is 0.334 e. The Morgan fingerprint density at radius 3 is 2.77 bits per heavy atom. The second-order valence-corrected chi connectivity index (χ2v) is 9.39. The molecule has 0 atom stereocenters.